The summed E-state index contributed by atoms with van der Waals surface area (Å²) in [7, 11) is 0. The molecule has 0 radical (unpaired) electrons. The summed E-state index contributed by atoms with van der Waals surface area (Å²) in [5.41, 5.74) is 2.61. The molecule has 0 saturated carbocycles. The normalized spacial score (nSPS) is 13.2. The van der Waals surface area contributed by atoms with Crippen molar-refractivity contribution in [2.75, 3.05) is 0 Å². The molecule has 0 aromatic heterocycles. The first-order chi connectivity index (χ1) is 7.67. The highest BCUT2D eigenvalue weighted by Crippen LogP contribution is 2.54. The summed E-state index contributed by atoms with van der Waals surface area (Å²) in [6, 6.07) is 6.07. The van der Waals surface area contributed by atoms with E-state index in [0.29, 0.717) is 6.29 Å². The summed E-state index contributed by atoms with van der Waals surface area (Å²) in [5, 5.41) is 8.84. The van der Waals surface area contributed by atoms with Crippen LogP contribution in [-0.2, 0) is 4.79 Å². The third-order valence-corrected chi connectivity index (χ3v) is 5.25. The fourth-order valence-corrected chi connectivity index (χ4v) is 4.11. The van der Waals surface area contributed by atoms with Gasteiger partial charge in [-0.3, -0.25) is 4.79 Å². The average Bonchev–Trinajstić information content (AvgIpc) is 2.71. The molecule has 0 bridgehead atoms. The predicted octanol–water partition coefficient (Wildman–Crippen LogP) is 3.44. The maximum atomic E-state index is 10.7. The van der Waals surface area contributed by atoms with Gasteiger partial charge in [-0.15, -0.1) is 0 Å². The Kier molecular flexibility index (Phi) is 3.08. The minimum absolute atomic E-state index is 0.227. The fraction of sp³-hybridized carbons (Fsp3) is 0.167. The fourth-order valence-electron chi connectivity index (χ4n) is 1.45. The third kappa shape index (κ3) is 1.77. The number of nitrogens with zero attached hydrogens (tertiary/aromatic N) is 1. The summed E-state index contributed by atoms with van der Waals surface area (Å²) in [5.74, 6) is 0. The maximum Gasteiger partial charge on any atom is 0.162 e. The van der Waals surface area contributed by atoms with Gasteiger partial charge in [0.05, 0.1) is 4.24 Å². The standard InChI is InChI=1S/C12H9NOS2/c1-7-3-4-8(2)11-10(7)15-12(16-11)9(5-13)6-14/h3-4,6H,1-2H3. The molecule has 0 aliphatic carbocycles. The first-order valence-corrected chi connectivity index (χ1v) is 6.36. The molecular formula is C12H9NOS2. The molecule has 2 nitrogen and oxygen atoms in total. The zero-order valence-corrected chi connectivity index (χ0v) is 10.5. The van der Waals surface area contributed by atoms with E-state index in [9.17, 15) is 4.79 Å². The highest BCUT2D eigenvalue weighted by molar-refractivity contribution is 8.24. The lowest BCUT2D eigenvalue weighted by Crippen LogP contribution is -1.82. The lowest BCUT2D eigenvalue weighted by atomic mass is 10.2. The van der Waals surface area contributed by atoms with Gasteiger partial charge in [-0.2, -0.15) is 5.26 Å². The van der Waals surface area contributed by atoms with Crippen LogP contribution < -0.4 is 0 Å². The Morgan fingerprint density at radius 2 is 1.75 bits per heavy atom. The smallest absolute Gasteiger partial charge is 0.162 e. The average molecular weight is 247 g/mol. The van der Waals surface area contributed by atoms with Gasteiger partial charge in [-0.1, -0.05) is 35.7 Å². The summed E-state index contributed by atoms with van der Waals surface area (Å²) >= 11 is 3.05. The maximum absolute atomic E-state index is 10.7. The van der Waals surface area contributed by atoms with Gasteiger partial charge >= 0.3 is 0 Å². The van der Waals surface area contributed by atoms with Crippen molar-refractivity contribution < 1.29 is 4.79 Å². The van der Waals surface area contributed by atoms with Crippen molar-refractivity contribution in [3.63, 3.8) is 0 Å². The van der Waals surface area contributed by atoms with E-state index in [1.54, 1.807) is 0 Å². The highest BCUT2D eigenvalue weighted by Gasteiger charge is 2.23. The number of rotatable bonds is 1. The van der Waals surface area contributed by atoms with Gasteiger partial charge in [0, 0.05) is 9.79 Å². The van der Waals surface area contributed by atoms with Crippen LogP contribution in [0.2, 0.25) is 0 Å². The largest absolute Gasteiger partial charge is 0.297 e. The van der Waals surface area contributed by atoms with Crippen LogP contribution in [0, 0.1) is 25.2 Å². The van der Waals surface area contributed by atoms with E-state index < -0.39 is 0 Å². The molecule has 0 spiro atoms. The van der Waals surface area contributed by atoms with Gasteiger partial charge in [0.1, 0.15) is 11.6 Å². The van der Waals surface area contributed by atoms with Crippen LogP contribution in [0.3, 0.4) is 0 Å². The molecular weight excluding hydrogens is 238 g/mol. The quantitative estimate of drug-likeness (QED) is 0.433. The predicted molar refractivity (Wildman–Crippen MR) is 66.3 cm³/mol. The molecule has 1 aliphatic rings. The first kappa shape index (κ1) is 11.3. The summed E-state index contributed by atoms with van der Waals surface area (Å²) in [4.78, 5) is 13.1. The van der Waals surface area contributed by atoms with E-state index in [-0.39, 0.29) is 5.57 Å². The van der Waals surface area contributed by atoms with Crippen LogP contribution in [0.4, 0.5) is 0 Å². The molecule has 0 amide bonds. The summed E-state index contributed by atoms with van der Waals surface area (Å²) < 4.78 is 0.796. The van der Waals surface area contributed by atoms with Gasteiger partial charge in [0.15, 0.2) is 6.29 Å². The van der Waals surface area contributed by atoms with Crippen molar-refractivity contribution in [1.29, 1.82) is 5.26 Å². The van der Waals surface area contributed by atoms with Crippen molar-refractivity contribution in [1.82, 2.24) is 0 Å². The van der Waals surface area contributed by atoms with Crippen LogP contribution >= 0.6 is 23.5 Å². The Morgan fingerprint density at radius 3 is 2.12 bits per heavy atom. The van der Waals surface area contributed by atoms with Crippen molar-refractivity contribution in [2.24, 2.45) is 0 Å². The molecule has 80 valence electrons. The molecule has 16 heavy (non-hydrogen) atoms. The molecule has 0 fully saturated rings. The third-order valence-electron chi connectivity index (χ3n) is 2.35. The zero-order valence-electron chi connectivity index (χ0n) is 8.90. The monoisotopic (exact) mass is 247 g/mol. The highest BCUT2D eigenvalue weighted by atomic mass is 32.2. The van der Waals surface area contributed by atoms with Gasteiger partial charge in [-0.25, -0.2) is 0 Å². The van der Waals surface area contributed by atoms with E-state index in [2.05, 4.69) is 12.1 Å². The lowest BCUT2D eigenvalue weighted by molar-refractivity contribution is -0.104. The molecule has 0 unspecified atom stereocenters. The molecule has 2 rings (SSSR count). The molecule has 1 aliphatic heterocycles. The Labute approximate surface area is 103 Å². The van der Waals surface area contributed by atoms with Crippen LogP contribution in [0.5, 0.6) is 0 Å². The molecule has 1 aromatic rings. The van der Waals surface area contributed by atoms with E-state index in [1.807, 2.05) is 19.9 Å². The molecule has 0 N–H and O–H groups in total. The Morgan fingerprint density at radius 1 is 1.25 bits per heavy atom. The number of aryl methyl sites for hydroxylation is 2. The Balaban J connectivity index is 2.54. The Bertz CT molecular complexity index is 508. The second-order valence-corrected chi connectivity index (χ2v) is 5.79. The summed E-state index contributed by atoms with van der Waals surface area (Å²) in [6.45, 7) is 4.09. The van der Waals surface area contributed by atoms with Crippen LogP contribution in [0.1, 0.15) is 11.1 Å². The number of thioether (sulfide) groups is 2. The lowest BCUT2D eigenvalue weighted by Gasteiger charge is -2.03. The van der Waals surface area contributed by atoms with E-state index >= 15 is 0 Å². The second kappa shape index (κ2) is 4.36. The van der Waals surface area contributed by atoms with Crippen molar-refractivity contribution in [2.45, 2.75) is 23.6 Å². The number of allylic oxidation sites excluding steroid dienone is 1. The number of carbonyl (C=O) groups is 1. The van der Waals surface area contributed by atoms with Gasteiger partial charge in [-0.05, 0) is 25.0 Å². The van der Waals surface area contributed by atoms with E-state index in [1.165, 1.54) is 44.4 Å². The van der Waals surface area contributed by atoms with E-state index in [0.717, 1.165) is 4.24 Å². The molecule has 4 heteroatoms. The zero-order chi connectivity index (χ0) is 11.7. The van der Waals surface area contributed by atoms with Gasteiger partial charge < -0.3 is 0 Å². The minimum Gasteiger partial charge on any atom is -0.297 e. The van der Waals surface area contributed by atoms with Crippen LogP contribution in [-0.4, -0.2) is 6.29 Å². The number of carbonyl (C=O) groups excluding carboxylic acids is 1. The number of hydrogen-bond donors (Lipinski definition) is 0. The van der Waals surface area contributed by atoms with Crippen molar-refractivity contribution in [3.8, 4) is 6.07 Å². The number of hydrogen-bond acceptors (Lipinski definition) is 4. The second-order valence-electron chi connectivity index (χ2n) is 3.49. The van der Waals surface area contributed by atoms with Crippen molar-refractivity contribution >= 4 is 29.8 Å². The Hall–Kier alpha value is -1.18. The SMILES string of the molecule is Cc1ccc(C)c2c1SC(=C(C#N)C=O)S2. The summed E-state index contributed by atoms with van der Waals surface area (Å²) in [6.07, 6.45) is 0.631. The first-order valence-electron chi connectivity index (χ1n) is 4.73. The molecule has 0 atom stereocenters. The van der Waals surface area contributed by atoms with Crippen LogP contribution in [0.15, 0.2) is 31.7 Å². The molecule has 1 aromatic carbocycles. The van der Waals surface area contributed by atoms with Gasteiger partial charge in [0.2, 0.25) is 0 Å². The number of benzene rings is 1. The van der Waals surface area contributed by atoms with Gasteiger partial charge in [0.25, 0.3) is 0 Å². The number of fused-ring (bicyclic) bond motifs is 1. The minimum atomic E-state index is 0.227. The number of aldehydes is 1. The topological polar surface area (TPSA) is 40.9 Å². The van der Waals surface area contributed by atoms with Crippen molar-refractivity contribution in [3.05, 3.63) is 33.1 Å². The van der Waals surface area contributed by atoms with E-state index in [4.69, 9.17) is 5.26 Å². The number of nitriles is 1. The molecule has 0 saturated heterocycles. The molecule has 1 heterocycles. The van der Waals surface area contributed by atoms with Crippen LogP contribution in [0.25, 0.3) is 0 Å².